The van der Waals surface area contributed by atoms with E-state index in [-0.39, 0.29) is 6.03 Å². The fraction of sp³-hybridized carbons (Fsp3) is 0.500. The number of rotatable bonds is 4. The van der Waals surface area contributed by atoms with Crippen molar-refractivity contribution in [2.45, 2.75) is 44.3 Å². The van der Waals surface area contributed by atoms with Crippen molar-refractivity contribution in [2.75, 3.05) is 0 Å². The van der Waals surface area contributed by atoms with Gasteiger partial charge in [-0.25, -0.2) is 4.79 Å². The molecule has 3 nitrogen and oxygen atoms in total. The van der Waals surface area contributed by atoms with Crippen molar-refractivity contribution in [3.8, 4) is 0 Å². The Balaban J connectivity index is 1.67. The second-order valence-corrected chi connectivity index (χ2v) is 6.13. The first-order valence-corrected chi connectivity index (χ1v) is 7.33. The van der Waals surface area contributed by atoms with Crippen molar-refractivity contribution in [2.24, 2.45) is 0 Å². The Kier molecular flexibility index (Phi) is 3.29. The van der Waals surface area contributed by atoms with Crippen LogP contribution in [0.2, 0.25) is 0 Å². The molecule has 2 amide bonds. The van der Waals surface area contributed by atoms with Crippen molar-refractivity contribution >= 4 is 22.0 Å². The van der Waals surface area contributed by atoms with Crippen LogP contribution in [0.25, 0.3) is 0 Å². The second-order valence-electron chi connectivity index (χ2n) is 5.21. The van der Waals surface area contributed by atoms with E-state index in [0.717, 1.165) is 30.2 Å². The van der Waals surface area contributed by atoms with Crippen LogP contribution in [0.15, 0.2) is 28.7 Å². The van der Waals surface area contributed by atoms with E-state index in [9.17, 15) is 4.79 Å². The van der Waals surface area contributed by atoms with Crippen molar-refractivity contribution < 1.29 is 4.79 Å². The van der Waals surface area contributed by atoms with Crippen LogP contribution in [0.5, 0.6) is 0 Å². The zero-order valence-electron chi connectivity index (χ0n) is 10.2. The number of carbonyl (C=O) groups excluding carboxylic acids is 1. The molecule has 4 heteroatoms. The van der Waals surface area contributed by atoms with Crippen molar-refractivity contribution in [3.63, 3.8) is 0 Å². The zero-order chi connectivity index (χ0) is 12.5. The zero-order valence-corrected chi connectivity index (χ0v) is 11.8. The largest absolute Gasteiger partial charge is 0.335 e. The third-order valence-corrected chi connectivity index (χ3v) is 3.89. The number of hydrogen-bond acceptors (Lipinski definition) is 1. The van der Waals surface area contributed by atoms with Crippen LogP contribution in [-0.2, 0) is 6.54 Å². The van der Waals surface area contributed by atoms with Gasteiger partial charge in [0.1, 0.15) is 0 Å². The molecular formula is C14H17BrN2O. The highest BCUT2D eigenvalue weighted by atomic mass is 79.9. The summed E-state index contributed by atoms with van der Waals surface area (Å²) in [7, 11) is 0. The SMILES string of the molecule is O=C(NC1CC1)N(Cc1cccc(Br)c1)C1CC1. The Morgan fingerprint density at radius 1 is 1.33 bits per heavy atom. The number of halogens is 1. The summed E-state index contributed by atoms with van der Waals surface area (Å²) >= 11 is 3.47. The van der Waals surface area contributed by atoms with Crippen LogP contribution in [-0.4, -0.2) is 23.0 Å². The Morgan fingerprint density at radius 2 is 2.11 bits per heavy atom. The summed E-state index contributed by atoms with van der Waals surface area (Å²) in [5.41, 5.74) is 1.18. The Hall–Kier alpha value is -1.03. The quantitative estimate of drug-likeness (QED) is 0.909. The maximum absolute atomic E-state index is 12.2. The van der Waals surface area contributed by atoms with Gasteiger partial charge in [0.25, 0.3) is 0 Å². The second kappa shape index (κ2) is 4.92. The lowest BCUT2D eigenvalue weighted by atomic mass is 10.2. The lowest BCUT2D eigenvalue weighted by Crippen LogP contribution is -2.41. The summed E-state index contributed by atoms with van der Waals surface area (Å²) in [5.74, 6) is 0. The summed E-state index contributed by atoms with van der Waals surface area (Å²) < 4.78 is 1.07. The van der Waals surface area contributed by atoms with Gasteiger partial charge < -0.3 is 10.2 Å². The lowest BCUT2D eigenvalue weighted by Gasteiger charge is -2.23. The van der Waals surface area contributed by atoms with Gasteiger partial charge >= 0.3 is 6.03 Å². The van der Waals surface area contributed by atoms with E-state index in [0.29, 0.717) is 18.6 Å². The summed E-state index contributed by atoms with van der Waals surface area (Å²) in [5, 5.41) is 3.09. The number of nitrogens with one attached hydrogen (secondary N) is 1. The molecule has 0 aromatic heterocycles. The minimum atomic E-state index is 0.111. The first-order chi connectivity index (χ1) is 8.72. The van der Waals surface area contributed by atoms with E-state index in [4.69, 9.17) is 0 Å². The molecule has 0 heterocycles. The minimum absolute atomic E-state index is 0.111. The topological polar surface area (TPSA) is 32.3 Å². The van der Waals surface area contributed by atoms with Crippen molar-refractivity contribution in [3.05, 3.63) is 34.3 Å². The molecule has 0 saturated heterocycles. The molecule has 1 aromatic rings. The maximum Gasteiger partial charge on any atom is 0.318 e. The van der Waals surface area contributed by atoms with Crippen LogP contribution in [0.3, 0.4) is 0 Å². The number of benzene rings is 1. The normalized spacial score (nSPS) is 18.5. The maximum atomic E-state index is 12.2. The van der Waals surface area contributed by atoms with E-state index >= 15 is 0 Å². The van der Waals surface area contributed by atoms with Gasteiger partial charge in [-0.15, -0.1) is 0 Å². The molecule has 0 bridgehead atoms. The van der Waals surface area contributed by atoms with Crippen LogP contribution in [0.4, 0.5) is 4.79 Å². The van der Waals surface area contributed by atoms with Crippen molar-refractivity contribution in [1.82, 2.24) is 10.2 Å². The first kappa shape index (κ1) is 12.0. The molecule has 1 N–H and O–H groups in total. The monoisotopic (exact) mass is 308 g/mol. The Morgan fingerprint density at radius 3 is 2.72 bits per heavy atom. The molecule has 2 saturated carbocycles. The summed E-state index contributed by atoms with van der Waals surface area (Å²) in [6.07, 6.45) is 4.57. The van der Waals surface area contributed by atoms with Gasteiger partial charge in [0.05, 0.1) is 0 Å². The van der Waals surface area contributed by atoms with E-state index in [2.05, 4.69) is 33.4 Å². The molecule has 0 spiro atoms. The molecule has 2 aliphatic rings. The summed E-state index contributed by atoms with van der Waals surface area (Å²) in [4.78, 5) is 14.2. The molecule has 2 fully saturated rings. The molecule has 1 aromatic carbocycles. The average molecular weight is 309 g/mol. The number of hydrogen-bond donors (Lipinski definition) is 1. The van der Waals surface area contributed by atoms with E-state index < -0.39 is 0 Å². The predicted molar refractivity (Wildman–Crippen MR) is 74.3 cm³/mol. The molecule has 96 valence electrons. The molecule has 2 aliphatic carbocycles. The number of urea groups is 1. The van der Waals surface area contributed by atoms with Gasteiger partial charge in [0.15, 0.2) is 0 Å². The third kappa shape index (κ3) is 3.05. The van der Waals surface area contributed by atoms with E-state index in [1.54, 1.807) is 0 Å². The lowest BCUT2D eigenvalue weighted by molar-refractivity contribution is 0.191. The summed E-state index contributed by atoms with van der Waals surface area (Å²) in [6.45, 7) is 0.711. The Bertz CT molecular complexity index is 455. The minimum Gasteiger partial charge on any atom is -0.335 e. The molecule has 0 unspecified atom stereocenters. The van der Waals surface area contributed by atoms with Crippen LogP contribution in [0.1, 0.15) is 31.2 Å². The smallest absolute Gasteiger partial charge is 0.318 e. The van der Waals surface area contributed by atoms with Crippen LogP contribution >= 0.6 is 15.9 Å². The molecule has 0 radical (unpaired) electrons. The van der Waals surface area contributed by atoms with Crippen molar-refractivity contribution in [1.29, 1.82) is 0 Å². The van der Waals surface area contributed by atoms with Gasteiger partial charge in [-0.3, -0.25) is 0 Å². The first-order valence-electron chi connectivity index (χ1n) is 6.54. The standard InChI is InChI=1S/C14H17BrN2O/c15-11-3-1-2-10(8-11)9-17(13-6-7-13)14(18)16-12-4-5-12/h1-3,8,12-13H,4-7,9H2,(H,16,18). The molecular weight excluding hydrogens is 292 g/mol. The van der Waals surface area contributed by atoms with Crippen LogP contribution in [0, 0.1) is 0 Å². The van der Waals surface area contributed by atoms with Gasteiger partial charge in [0.2, 0.25) is 0 Å². The molecule has 0 atom stereocenters. The molecule has 0 aliphatic heterocycles. The number of nitrogens with zero attached hydrogens (tertiary/aromatic N) is 1. The van der Waals surface area contributed by atoms with Crippen LogP contribution < -0.4 is 5.32 Å². The molecule has 3 rings (SSSR count). The number of amides is 2. The van der Waals surface area contributed by atoms with Gasteiger partial charge in [0, 0.05) is 23.1 Å². The highest BCUT2D eigenvalue weighted by Crippen LogP contribution is 2.29. The highest BCUT2D eigenvalue weighted by Gasteiger charge is 2.34. The van der Waals surface area contributed by atoms with Gasteiger partial charge in [-0.05, 0) is 43.4 Å². The fourth-order valence-corrected chi connectivity index (χ4v) is 2.52. The highest BCUT2D eigenvalue weighted by molar-refractivity contribution is 9.10. The molecule has 18 heavy (non-hydrogen) atoms. The predicted octanol–water partition coefficient (Wildman–Crippen LogP) is 3.29. The summed E-state index contributed by atoms with van der Waals surface area (Å²) in [6, 6.07) is 9.17. The van der Waals surface area contributed by atoms with Gasteiger partial charge in [-0.2, -0.15) is 0 Å². The van der Waals surface area contributed by atoms with Gasteiger partial charge in [-0.1, -0.05) is 28.1 Å². The van der Waals surface area contributed by atoms with E-state index in [1.165, 1.54) is 5.56 Å². The third-order valence-electron chi connectivity index (χ3n) is 3.40. The Labute approximate surface area is 116 Å². The van der Waals surface area contributed by atoms with E-state index in [1.807, 2.05) is 17.0 Å². The number of carbonyl (C=O) groups is 1. The fourth-order valence-electron chi connectivity index (χ4n) is 2.07. The average Bonchev–Trinajstić information content (AvgIpc) is 3.19.